The molecule has 0 aromatic heterocycles. The Morgan fingerprint density at radius 1 is 1.83 bits per heavy atom. The molecule has 1 aliphatic rings. The van der Waals surface area contributed by atoms with Crippen LogP contribution in [0.15, 0.2) is 11.6 Å². The zero-order valence-electron chi connectivity index (χ0n) is 7.47. The van der Waals surface area contributed by atoms with Gasteiger partial charge in [0.05, 0.1) is 0 Å². The number of hydrogen-bond donors (Lipinski definition) is 0. The second-order valence-electron chi connectivity index (χ2n) is 3.32. The number of carbonyl (C=O) groups is 1. The standard InChI is InChI=1S/C11H14O/c1-3-9(2)7-8-10-5-4-6-11(10)12/h1,7,10H,4-6,8H2,2H3/b9-7+. The first-order chi connectivity index (χ1) is 5.74. The molecule has 1 saturated carbocycles. The molecule has 64 valence electrons. The van der Waals surface area contributed by atoms with Gasteiger partial charge < -0.3 is 0 Å². The third-order valence-electron chi connectivity index (χ3n) is 2.37. The van der Waals surface area contributed by atoms with Crippen LogP contribution in [-0.2, 0) is 4.79 Å². The van der Waals surface area contributed by atoms with E-state index in [1.807, 2.05) is 13.0 Å². The van der Waals surface area contributed by atoms with E-state index in [-0.39, 0.29) is 5.92 Å². The third kappa shape index (κ3) is 2.23. The lowest BCUT2D eigenvalue weighted by atomic mass is 10.0. The summed E-state index contributed by atoms with van der Waals surface area (Å²) in [5.74, 6) is 3.22. The van der Waals surface area contributed by atoms with Gasteiger partial charge in [-0.25, -0.2) is 0 Å². The van der Waals surface area contributed by atoms with Crippen LogP contribution in [0.1, 0.15) is 32.6 Å². The Bertz CT molecular complexity index is 242. The first kappa shape index (κ1) is 9.06. The summed E-state index contributed by atoms with van der Waals surface area (Å²) in [7, 11) is 0. The average Bonchev–Trinajstić information content (AvgIpc) is 2.47. The van der Waals surface area contributed by atoms with Gasteiger partial charge in [-0.1, -0.05) is 12.0 Å². The van der Waals surface area contributed by atoms with Crippen molar-refractivity contribution < 1.29 is 4.79 Å². The molecule has 0 bridgehead atoms. The van der Waals surface area contributed by atoms with Gasteiger partial charge in [0.1, 0.15) is 5.78 Å². The maximum absolute atomic E-state index is 11.2. The van der Waals surface area contributed by atoms with Crippen LogP contribution in [0.5, 0.6) is 0 Å². The summed E-state index contributed by atoms with van der Waals surface area (Å²) in [4.78, 5) is 11.2. The summed E-state index contributed by atoms with van der Waals surface area (Å²) in [6, 6.07) is 0. The van der Waals surface area contributed by atoms with Crippen molar-refractivity contribution in [2.24, 2.45) is 5.92 Å². The number of ketones is 1. The number of terminal acetylenes is 1. The normalized spacial score (nSPS) is 24.2. The highest BCUT2D eigenvalue weighted by Gasteiger charge is 2.22. The van der Waals surface area contributed by atoms with Gasteiger partial charge in [-0.05, 0) is 31.8 Å². The van der Waals surface area contributed by atoms with E-state index in [1.165, 1.54) is 0 Å². The fraction of sp³-hybridized carbons (Fsp3) is 0.545. The second kappa shape index (κ2) is 4.11. The van der Waals surface area contributed by atoms with Gasteiger partial charge in [-0.15, -0.1) is 6.42 Å². The van der Waals surface area contributed by atoms with E-state index in [2.05, 4.69) is 5.92 Å². The van der Waals surface area contributed by atoms with Crippen LogP contribution in [0.3, 0.4) is 0 Å². The molecule has 1 atom stereocenters. The highest BCUT2D eigenvalue weighted by Crippen LogP contribution is 2.24. The maximum atomic E-state index is 11.2. The van der Waals surface area contributed by atoms with Crippen LogP contribution < -0.4 is 0 Å². The van der Waals surface area contributed by atoms with E-state index >= 15 is 0 Å². The fourth-order valence-electron chi connectivity index (χ4n) is 1.52. The largest absolute Gasteiger partial charge is 0.299 e. The van der Waals surface area contributed by atoms with Gasteiger partial charge in [-0.2, -0.15) is 0 Å². The summed E-state index contributed by atoms with van der Waals surface area (Å²) < 4.78 is 0. The van der Waals surface area contributed by atoms with Gasteiger partial charge in [0.2, 0.25) is 0 Å². The lowest BCUT2D eigenvalue weighted by molar-refractivity contribution is -0.120. The summed E-state index contributed by atoms with van der Waals surface area (Å²) >= 11 is 0. The fourth-order valence-corrected chi connectivity index (χ4v) is 1.52. The molecule has 1 aliphatic carbocycles. The molecule has 0 radical (unpaired) electrons. The minimum absolute atomic E-state index is 0.258. The van der Waals surface area contributed by atoms with Gasteiger partial charge in [0, 0.05) is 12.3 Å². The quantitative estimate of drug-likeness (QED) is 0.569. The van der Waals surface area contributed by atoms with E-state index in [9.17, 15) is 4.79 Å². The SMILES string of the molecule is C#C/C(C)=C/CC1CCCC1=O. The van der Waals surface area contributed by atoms with Gasteiger partial charge in [0.25, 0.3) is 0 Å². The van der Waals surface area contributed by atoms with Crippen molar-refractivity contribution in [3.63, 3.8) is 0 Å². The van der Waals surface area contributed by atoms with Crippen molar-refractivity contribution in [1.82, 2.24) is 0 Å². The van der Waals surface area contributed by atoms with E-state index in [4.69, 9.17) is 6.42 Å². The highest BCUT2D eigenvalue weighted by molar-refractivity contribution is 5.82. The van der Waals surface area contributed by atoms with Gasteiger partial charge in [0.15, 0.2) is 0 Å². The van der Waals surface area contributed by atoms with Crippen LogP contribution in [-0.4, -0.2) is 5.78 Å². The second-order valence-corrected chi connectivity index (χ2v) is 3.32. The molecule has 12 heavy (non-hydrogen) atoms. The zero-order chi connectivity index (χ0) is 8.97. The molecule has 0 aromatic rings. The Morgan fingerprint density at radius 3 is 3.08 bits per heavy atom. The molecule has 1 heteroatoms. The van der Waals surface area contributed by atoms with E-state index < -0.39 is 0 Å². The number of rotatable bonds is 2. The molecule has 0 heterocycles. The summed E-state index contributed by atoms with van der Waals surface area (Å²) in [5, 5.41) is 0. The molecule has 0 N–H and O–H groups in total. The summed E-state index contributed by atoms with van der Waals surface area (Å²) in [5.41, 5.74) is 0.940. The summed E-state index contributed by atoms with van der Waals surface area (Å²) in [6.07, 6.45) is 10.9. The van der Waals surface area contributed by atoms with Crippen molar-refractivity contribution in [2.45, 2.75) is 32.6 Å². The minimum Gasteiger partial charge on any atom is -0.299 e. The topological polar surface area (TPSA) is 17.1 Å². The minimum atomic E-state index is 0.258. The number of hydrogen-bond acceptors (Lipinski definition) is 1. The molecule has 0 amide bonds. The monoisotopic (exact) mass is 162 g/mol. The van der Waals surface area contributed by atoms with E-state index in [1.54, 1.807) is 0 Å². The van der Waals surface area contributed by atoms with Crippen LogP contribution in [0.4, 0.5) is 0 Å². The number of allylic oxidation sites excluding steroid dienone is 2. The van der Waals surface area contributed by atoms with Gasteiger partial charge >= 0.3 is 0 Å². The molecule has 1 rings (SSSR count). The Labute approximate surface area is 73.9 Å². The highest BCUT2D eigenvalue weighted by atomic mass is 16.1. The molecular formula is C11H14O. The smallest absolute Gasteiger partial charge is 0.136 e. The van der Waals surface area contributed by atoms with Crippen LogP contribution in [0.25, 0.3) is 0 Å². The lowest BCUT2D eigenvalue weighted by Crippen LogP contribution is -2.04. The summed E-state index contributed by atoms with van der Waals surface area (Å²) in [6.45, 7) is 1.90. The van der Waals surface area contributed by atoms with Crippen molar-refractivity contribution in [2.75, 3.05) is 0 Å². The Balaban J connectivity index is 2.42. The van der Waals surface area contributed by atoms with Crippen molar-refractivity contribution in [3.05, 3.63) is 11.6 Å². The van der Waals surface area contributed by atoms with Crippen molar-refractivity contribution >= 4 is 5.78 Å². The predicted octanol–water partition coefficient (Wildman–Crippen LogP) is 2.33. The molecule has 0 aliphatic heterocycles. The van der Waals surface area contributed by atoms with Gasteiger partial charge in [-0.3, -0.25) is 4.79 Å². The Kier molecular flexibility index (Phi) is 3.10. The molecule has 1 fully saturated rings. The van der Waals surface area contributed by atoms with Crippen LogP contribution in [0.2, 0.25) is 0 Å². The zero-order valence-corrected chi connectivity index (χ0v) is 7.47. The predicted molar refractivity (Wildman–Crippen MR) is 49.6 cm³/mol. The molecule has 0 saturated heterocycles. The maximum Gasteiger partial charge on any atom is 0.136 e. The Hall–Kier alpha value is -1.03. The number of carbonyl (C=O) groups excluding carboxylic acids is 1. The van der Waals surface area contributed by atoms with Crippen molar-refractivity contribution in [1.29, 1.82) is 0 Å². The number of Topliss-reactive ketones (excluding diaryl/α,β-unsaturated/α-hetero) is 1. The van der Waals surface area contributed by atoms with Crippen LogP contribution in [0, 0.1) is 18.3 Å². The molecule has 1 unspecified atom stereocenters. The lowest BCUT2D eigenvalue weighted by Gasteiger charge is -2.02. The molecule has 0 spiro atoms. The van der Waals surface area contributed by atoms with E-state index in [0.29, 0.717) is 5.78 Å². The average molecular weight is 162 g/mol. The molecule has 1 nitrogen and oxygen atoms in total. The molecular weight excluding hydrogens is 148 g/mol. The first-order valence-electron chi connectivity index (χ1n) is 4.40. The van der Waals surface area contributed by atoms with Crippen molar-refractivity contribution in [3.8, 4) is 12.3 Å². The van der Waals surface area contributed by atoms with E-state index in [0.717, 1.165) is 31.3 Å². The third-order valence-corrected chi connectivity index (χ3v) is 2.37. The Morgan fingerprint density at radius 2 is 2.58 bits per heavy atom. The van der Waals surface area contributed by atoms with Crippen LogP contribution >= 0.6 is 0 Å². The first-order valence-corrected chi connectivity index (χ1v) is 4.40. The molecule has 0 aromatic carbocycles.